The van der Waals surface area contributed by atoms with E-state index in [0.29, 0.717) is 18.3 Å². The zero-order valence-corrected chi connectivity index (χ0v) is 15.7. The van der Waals surface area contributed by atoms with E-state index in [0.717, 1.165) is 31.6 Å². The van der Waals surface area contributed by atoms with Gasteiger partial charge in [0, 0.05) is 43.0 Å². The van der Waals surface area contributed by atoms with E-state index < -0.39 is 0 Å². The summed E-state index contributed by atoms with van der Waals surface area (Å²) >= 11 is 0. The maximum absolute atomic E-state index is 12.4. The van der Waals surface area contributed by atoms with E-state index in [4.69, 9.17) is 4.52 Å². The fraction of sp³-hybridized carbons (Fsp3) is 0.400. The molecule has 2 aliphatic rings. The Bertz CT molecular complexity index is 962. The van der Waals surface area contributed by atoms with E-state index >= 15 is 0 Å². The Morgan fingerprint density at radius 2 is 2.04 bits per heavy atom. The normalized spacial score (nSPS) is 21.2. The van der Waals surface area contributed by atoms with Gasteiger partial charge in [0.2, 0.25) is 17.6 Å². The van der Waals surface area contributed by atoms with E-state index in [-0.39, 0.29) is 17.4 Å². The van der Waals surface area contributed by atoms with Gasteiger partial charge in [-0.05, 0) is 19.5 Å². The summed E-state index contributed by atoms with van der Waals surface area (Å²) in [6, 6.07) is 11.8. The third-order valence-electron chi connectivity index (χ3n) is 5.76. The highest BCUT2D eigenvalue weighted by atomic mass is 16.5. The second-order valence-corrected chi connectivity index (χ2v) is 7.91. The molecule has 2 aromatic heterocycles. The number of hydrogen-bond donors (Lipinski definition) is 0. The van der Waals surface area contributed by atoms with Crippen LogP contribution in [0.3, 0.4) is 0 Å². The summed E-state index contributed by atoms with van der Waals surface area (Å²) in [5, 5.41) is 8.27. The maximum Gasteiger partial charge on any atom is 0.244 e. The quantitative estimate of drug-likeness (QED) is 0.689. The molecule has 1 atom stereocenters. The lowest BCUT2D eigenvalue weighted by molar-refractivity contribution is -0.143. The molecule has 1 unspecified atom stereocenters. The Morgan fingerprint density at radius 3 is 2.79 bits per heavy atom. The van der Waals surface area contributed by atoms with Crippen LogP contribution >= 0.6 is 0 Å². The Balaban J connectivity index is 1.24. The lowest BCUT2D eigenvalue weighted by Gasteiger charge is -2.48. The number of likely N-dealkylation sites (tertiary alicyclic amines) is 2. The number of hydrogen-bond acceptors (Lipinski definition) is 6. The van der Waals surface area contributed by atoms with Crippen molar-refractivity contribution in [3.8, 4) is 11.4 Å². The van der Waals surface area contributed by atoms with Gasteiger partial charge in [-0.2, -0.15) is 10.1 Å². The molecule has 8 nitrogen and oxygen atoms in total. The van der Waals surface area contributed by atoms with Crippen LogP contribution in [0.1, 0.15) is 18.4 Å². The number of nitrogens with zero attached hydrogens (tertiary/aromatic N) is 6. The first-order valence-electron chi connectivity index (χ1n) is 9.46. The van der Waals surface area contributed by atoms with Crippen molar-refractivity contribution < 1.29 is 9.32 Å². The lowest BCUT2D eigenvalue weighted by Crippen LogP contribution is -2.60. The second kappa shape index (κ2) is 6.56. The van der Waals surface area contributed by atoms with Gasteiger partial charge in [-0.25, -0.2) is 0 Å². The van der Waals surface area contributed by atoms with Crippen LogP contribution in [0.15, 0.2) is 53.3 Å². The summed E-state index contributed by atoms with van der Waals surface area (Å²) < 4.78 is 7.25. The average molecular weight is 378 g/mol. The summed E-state index contributed by atoms with van der Waals surface area (Å²) in [4.78, 5) is 21.2. The van der Waals surface area contributed by atoms with Crippen molar-refractivity contribution in [2.45, 2.75) is 19.0 Å². The van der Waals surface area contributed by atoms with Gasteiger partial charge in [0.05, 0.1) is 6.04 Å². The second-order valence-electron chi connectivity index (χ2n) is 7.91. The first kappa shape index (κ1) is 17.1. The summed E-state index contributed by atoms with van der Waals surface area (Å²) in [5.41, 5.74) is 1.06. The molecule has 0 bridgehead atoms. The Morgan fingerprint density at radius 1 is 1.21 bits per heavy atom. The van der Waals surface area contributed by atoms with Gasteiger partial charge in [0.1, 0.15) is 6.54 Å². The van der Waals surface area contributed by atoms with Gasteiger partial charge < -0.3 is 9.42 Å². The van der Waals surface area contributed by atoms with Crippen LogP contribution in [0.5, 0.6) is 0 Å². The summed E-state index contributed by atoms with van der Waals surface area (Å²) in [6.45, 7) is 2.76. The molecule has 1 spiro atoms. The van der Waals surface area contributed by atoms with Gasteiger partial charge in [-0.3, -0.25) is 14.4 Å². The SMILES string of the molecule is CN1CC2(CC1c1nc(-c3ccccc3)no1)CN(C(=O)Cn1cccn1)C2. The van der Waals surface area contributed by atoms with Crippen LogP contribution < -0.4 is 0 Å². The standard InChI is InChI=1S/C20H22N6O2/c1-24-12-20(13-25(14-20)17(27)11-26-9-5-8-21-26)10-16(24)19-22-18(23-28-19)15-6-3-2-4-7-15/h2-9,16H,10-14H2,1H3. The van der Waals surface area contributed by atoms with Crippen LogP contribution in [0.4, 0.5) is 0 Å². The van der Waals surface area contributed by atoms with Crippen molar-refractivity contribution >= 4 is 5.91 Å². The van der Waals surface area contributed by atoms with Crippen LogP contribution in [-0.2, 0) is 11.3 Å². The highest BCUT2D eigenvalue weighted by Crippen LogP contribution is 2.47. The molecule has 2 aliphatic heterocycles. The molecule has 8 heteroatoms. The molecule has 2 saturated heterocycles. The predicted octanol–water partition coefficient (Wildman–Crippen LogP) is 1.84. The van der Waals surface area contributed by atoms with Gasteiger partial charge in [0.15, 0.2) is 0 Å². The van der Waals surface area contributed by atoms with E-state index in [1.807, 2.05) is 47.5 Å². The molecule has 3 aromatic rings. The number of rotatable bonds is 4. The summed E-state index contributed by atoms with van der Waals surface area (Å²) in [5.74, 6) is 1.39. The van der Waals surface area contributed by atoms with Crippen molar-refractivity contribution in [3.63, 3.8) is 0 Å². The fourth-order valence-corrected chi connectivity index (χ4v) is 4.42. The Labute approximate surface area is 162 Å². The predicted molar refractivity (Wildman–Crippen MR) is 101 cm³/mol. The van der Waals surface area contributed by atoms with Crippen LogP contribution in [0.2, 0.25) is 0 Å². The molecule has 0 N–H and O–H groups in total. The minimum Gasteiger partial charge on any atom is -0.340 e. The minimum absolute atomic E-state index is 0.0910. The number of amides is 1. The zero-order chi connectivity index (χ0) is 19.1. The Kier molecular flexibility index (Phi) is 4.01. The molecule has 144 valence electrons. The van der Waals surface area contributed by atoms with Crippen molar-refractivity contribution in [2.75, 3.05) is 26.7 Å². The molecule has 0 aliphatic carbocycles. The smallest absolute Gasteiger partial charge is 0.244 e. The topological polar surface area (TPSA) is 80.3 Å². The summed E-state index contributed by atoms with van der Waals surface area (Å²) in [6.07, 6.45) is 4.42. The lowest BCUT2D eigenvalue weighted by atomic mass is 9.77. The van der Waals surface area contributed by atoms with Gasteiger partial charge in [0.25, 0.3) is 0 Å². The molecule has 5 rings (SSSR count). The molecule has 0 saturated carbocycles. The van der Waals surface area contributed by atoms with E-state index in [9.17, 15) is 4.79 Å². The van der Waals surface area contributed by atoms with Crippen molar-refractivity contribution in [1.82, 2.24) is 29.7 Å². The average Bonchev–Trinajstić information content (AvgIpc) is 3.40. The maximum atomic E-state index is 12.4. The highest BCUT2D eigenvalue weighted by Gasteiger charge is 2.53. The number of carbonyl (C=O) groups is 1. The molecule has 1 amide bonds. The van der Waals surface area contributed by atoms with E-state index in [1.54, 1.807) is 10.9 Å². The molecule has 4 heterocycles. The van der Waals surface area contributed by atoms with E-state index in [2.05, 4.69) is 27.2 Å². The minimum atomic E-state index is 0.0910. The zero-order valence-electron chi connectivity index (χ0n) is 15.7. The number of aromatic nitrogens is 4. The number of benzene rings is 1. The van der Waals surface area contributed by atoms with Gasteiger partial charge in [-0.1, -0.05) is 35.5 Å². The molecule has 28 heavy (non-hydrogen) atoms. The molecular weight excluding hydrogens is 356 g/mol. The molecular formula is C20H22N6O2. The van der Waals surface area contributed by atoms with Crippen molar-refractivity contribution in [2.24, 2.45) is 5.41 Å². The van der Waals surface area contributed by atoms with Gasteiger partial charge in [-0.15, -0.1) is 0 Å². The fourth-order valence-electron chi connectivity index (χ4n) is 4.42. The van der Waals surface area contributed by atoms with Crippen LogP contribution in [-0.4, -0.2) is 62.3 Å². The molecule has 1 aromatic carbocycles. The van der Waals surface area contributed by atoms with Crippen molar-refractivity contribution in [1.29, 1.82) is 0 Å². The first-order valence-corrected chi connectivity index (χ1v) is 9.46. The summed E-state index contributed by atoms with van der Waals surface area (Å²) in [7, 11) is 2.08. The van der Waals surface area contributed by atoms with Crippen LogP contribution in [0.25, 0.3) is 11.4 Å². The van der Waals surface area contributed by atoms with Crippen molar-refractivity contribution in [3.05, 3.63) is 54.7 Å². The van der Waals surface area contributed by atoms with E-state index in [1.165, 1.54) is 0 Å². The first-order chi connectivity index (χ1) is 13.6. The Hall–Kier alpha value is -3.00. The third kappa shape index (κ3) is 2.99. The number of carbonyl (C=O) groups excluding carboxylic acids is 1. The highest BCUT2D eigenvalue weighted by molar-refractivity contribution is 5.77. The molecule has 0 radical (unpaired) electrons. The van der Waals surface area contributed by atoms with Gasteiger partial charge >= 0.3 is 0 Å². The largest absolute Gasteiger partial charge is 0.340 e. The third-order valence-corrected chi connectivity index (χ3v) is 5.76. The molecule has 2 fully saturated rings. The van der Waals surface area contributed by atoms with Crippen LogP contribution in [0, 0.1) is 5.41 Å². The monoisotopic (exact) mass is 378 g/mol.